The molecule has 0 radical (unpaired) electrons. The lowest BCUT2D eigenvalue weighted by Crippen LogP contribution is -2.31. The van der Waals surface area contributed by atoms with Crippen LogP contribution in [-0.4, -0.2) is 13.1 Å². The topological polar surface area (TPSA) is 12.0 Å². The summed E-state index contributed by atoms with van der Waals surface area (Å²) in [5.41, 5.74) is 2.38. The Morgan fingerprint density at radius 1 is 1.33 bits per heavy atom. The highest BCUT2D eigenvalue weighted by Crippen LogP contribution is 2.59. The molecule has 3 atom stereocenters. The highest BCUT2D eigenvalue weighted by Gasteiger charge is 2.55. The number of halogens is 1. The fourth-order valence-corrected chi connectivity index (χ4v) is 4.03. The highest BCUT2D eigenvalue weighted by molar-refractivity contribution is 5.28. The summed E-state index contributed by atoms with van der Waals surface area (Å²) in [6.07, 6.45) is 5.32. The molecule has 2 saturated carbocycles. The summed E-state index contributed by atoms with van der Waals surface area (Å²) in [4.78, 5) is 0. The monoisotopic (exact) mass is 247 g/mol. The summed E-state index contributed by atoms with van der Waals surface area (Å²) in [6, 6.07) is 5.76. The summed E-state index contributed by atoms with van der Waals surface area (Å²) in [5, 5.41) is 3.49. The molecule has 2 heteroatoms. The van der Waals surface area contributed by atoms with E-state index in [0.29, 0.717) is 6.04 Å². The molecule has 0 amide bonds. The molecule has 3 unspecified atom stereocenters. The van der Waals surface area contributed by atoms with Crippen LogP contribution in [0.3, 0.4) is 0 Å². The maximum Gasteiger partial charge on any atom is 0.123 e. The van der Waals surface area contributed by atoms with Crippen molar-refractivity contribution in [1.82, 2.24) is 5.32 Å². The molecule has 1 N–H and O–H groups in total. The van der Waals surface area contributed by atoms with E-state index < -0.39 is 0 Å². The molecule has 2 fully saturated rings. The van der Waals surface area contributed by atoms with Gasteiger partial charge in [-0.1, -0.05) is 12.5 Å². The minimum absolute atomic E-state index is 0.124. The number of hydrogen-bond acceptors (Lipinski definition) is 1. The van der Waals surface area contributed by atoms with Crippen LogP contribution in [-0.2, 0) is 6.42 Å². The van der Waals surface area contributed by atoms with Crippen LogP contribution in [0.1, 0.15) is 30.4 Å². The predicted molar refractivity (Wildman–Crippen MR) is 72.0 cm³/mol. The fourth-order valence-electron chi connectivity index (χ4n) is 4.03. The average molecular weight is 247 g/mol. The van der Waals surface area contributed by atoms with E-state index in [4.69, 9.17) is 0 Å². The highest BCUT2D eigenvalue weighted by atomic mass is 19.1. The molecule has 18 heavy (non-hydrogen) atoms. The Bertz CT molecular complexity index is 433. The first-order valence-corrected chi connectivity index (χ1v) is 7.13. The van der Waals surface area contributed by atoms with Gasteiger partial charge >= 0.3 is 0 Å². The van der Waals surface area contributed by atoms with Crippen molar-refractivity contribution >= 4 is 0 Å². The van der Waals surface area contributed by atoms with Gasteiger partial charge in [-0.3, -0.25) is 0 Å². The number of fused-ring (bicyclic) bond motifs is 1. The third-order valence-electron chi connectivity index (χ3n) is 5.05. The van der Waals surface area contributed by atoms with Crippen LogP contribution in [0.5, 0.6) is 0 Å². The van der Waals surface area contributed by atoms with Crippen molar-refractivity contribution in [2.75, 3.05) is 7.05 Å². The average Bonchev–Trinajstić information content (AvgIpc) is 2.82. The van der Waals surface area contributed by atoms with E-state index >= 15 is 0 Å². The molecule has 2 aliphatic rings. The number of likely N-dealkylation sites (N-methyl/N-ethyl adjacent to an activating group) is 1. The molecule has 1 aromatic rings. The number of hydrogen-bond donors (Lipinski definition) is 1. The van der Waals surface area contributed by atoms with Gasteiger partial charge in [-0.2, -0.15) is 0 Å². The SMILES string of the molecule is CNC(Cc1ccc(F)cc1C)C1C2CCCC21. The Labute approximate surface area is 109 Å². The van der Waals surface area contributed by atoms with Crippen molar-refractivity contribution in [1.29, 1.82) is 0 Å². The van der Waals surface area contributed by atoms with E-state index in [-0.39, 0.29) is 5.82 Å². The van der Waals surface area contributed by atoms with Gasteiger partial charge < -0.3 is 5.32 Å². The van der Waals surface area contributed by atoms with Crippen LogP contribution >= 0.6 is 0 Å². The molecule has 0 bridgehead atoms. The molecule has 0 spiro atoms. The van der Waals surface area contributed by atoms with Crippen LogP contribution in [0.4, 0.5) is 4.39 Å². The molecule has 0 saturated heterocycles. The largest absolute Gasteiger partial charge is 0.316 e. The summed E-state index contributed by atoms with van der Waals surface area (Å²) < 4.78 is 13.1. The molecule has 0 aromatic heterocycles. The maximum absolute atomic E-state index is 13.1. The first-order chi connectivity index (χ1) is 8.70. The summed E-state index contributed by atoms with van der Waals surface area (Å²) in [6.45, 7) is 2.01. The second-order valence-electron chi connectivity index (χ2n) is 6.01. The minimum Gasteiger partial charge on any atom is -0.316 e. The van der Waals surface area contributed by atoms with Crippen LogP contribution in [0, 0.1) is 30.5 Å². The summed E-state index contributed by atoms with van der Waals surface area (Å²) in [7, 11) is 2.07. The molecular formula is C16H22FN. The number of nitrogens with one attached hydrogen (secondary N) is 1. The van der Waals surface area contributed by atoms with Gasteiger partial charge in [-0.25, -0.2) is 4.39 Å². The lowest BCUT2D eigenvalue weighted by atomic mass is 9.95. The van der Waals surface area contributed by atoms with E-state index in [2.05, 4.69) is 12.4 Å². The van der Waals surface area contributed by atoms with E-state index in [1.54, 1.807) is 12.1 Å². The van der Waals surface area contributed by atoms with Crippen molar-refractivity contribution in [2.45, 2.75) is 38.6 Å². The predicted octanol–water partition coefficient (Wildman–Crippen LogP) is 3.31. The Morgan fingerprint density at radius 2 is 2.06 bits per heavy atom. The first kappa shape index (κ1) is 12.2. The van der Waals surface area contributed by atoms with Crippen molar-refractivity contribution in [2.24, 2.45) is 17.8 Å². The van der Waals surface area contributed by atoms with Gasteiger partial charge in [-0.15, -0.1) is 0 Å². The normalized spacial score (nSPS) is 31.2. The van der Waals surface area contributed by atoms with Gasteiger partial charge in [0.1, 0.15) is 5.82 Å². The molecular weight excluding hydrogens is 225 g/mol. The van der Waals surface area contributed by atoms with Crippen LogP contribution in [0.2, 0.25) is 0 Å². The zero-order valence-corrected chi connectivity index (χ0v) is 11.2. The zero-order valence-electron chi connectivity index (χ0n) is 11.2. The lowest BCUT2D eigenvalue weighted by molar-refractivity contribution is 0.427. The third kappa shape index (κ3) is 2.07. The third-order valence-corrected chi connectivity index (χ3v) is 5.05. The summed E-state index contributed by atoms with van der Waals surface area (Å²) in [5.74, 6) is 2.69. The van der Waals surface area contributed by atoms with Crippen molar-refractivity contribution in [3.63, 3.8) is 0 Å². The van der Waals surface area contributed by atoms with Gasteiger partial charge in [0.2, 0.25) is 0 Å². The number of benzene rings is 1. The smallest absolute Gasteiger partial charge is 0.123 e. The van der Waals surface area contributed by atoms with Gasteiger partial charge in [0.15, 0.2) is 0 Å². The standard InChI is InChI=1S/C16H22FN/c1-10-8-12(17)7-6-11(10)9-15(18-2)16-13-4-3-5-14(13)16/h6-8,13-16,18H,3-5,9H2,1-2H3. The molecule has 3 rings (SSSR count). The van der Waals surface area contributed by atoms with E-state index in [9.17, 15) is 4.39 Å². The Hall–Kier alpha value is -0.890. The molecule has 2 aliphatic carbocycles. The van der Waals surface area contributed by atoms with E-state index in [0.717, 1.165) is 29.7 Å². The Balaban J connectivity index is 1.70. The molecule has 1 aromatic carbocycles. The Morgan fingerprint density at radius 3 is 2.67 bits per heavy atom. The van der Waals surface area contributed by atoms with Gasteiger partial charge in [0.05, 0.1) is 0 Å². The van der Waals surface area contributed by atoms with Crippen molar-refractivity contribution in [3.8, 4) is 0 Å². The van der Waals surface area contributed by atoms with Gasteiger partial charge in [-0.05, 0) is 74.2 Å². The first-order valence-electron chi connectivity index (χ1n) is 7.13. The van der Waals surface area contributed by atoms with E-state index in [1.165, 1.54) is 24.8 Å². The molecule has 0 heterocycles. The lowest BCUT2D eigenvalue weighted by Gasteiger charge is -2.19. The Kier molecular flexibility index (Phi) is 3.14. The van der Waals surface area contributed by atoms with Crippen molar-refractivity contribution < 1.29 is 4.39 Å². The van der Waals surface area contributed by atoms with Gasteiger partial charge in [0.25, 0.3) is 0 Å². The zero-order chi connectivity index (χ0) is 12.7. The second-order valence-corrected chi connectivity index (χ2v) is 6.01. The molecule has 1 nitrogen and oxygen atoms in total. The number of rotatable bonds is 4. The molecule has 0 aliphatic heterocycles. The number of aryl methyl sites for hydroxylation is 1. The van der Waals surface area contributed by atoms with Crippen LogP contribution < -0.4 is 5.32 Å². The quantitative estimate of drug-likeness (QED) is 0.860. The van der Waals surface area contributed by atoms with E-state index in [1.807, 2.05) is 13.0 Å². The maximum atomic E-state index is 13.1. The second kappa shape index (κ2) is 4.65. The van der Waals surface area contributed by atoms with Crippen LogP contribution in [0.15, 0.2) is 18.2 Å². The van der Waals surface area contributed by atoms with Crippen molar-refractivity contribution in [3.05, 3.63) is 35.1 Å². The van der Waals surface area contributed by atoms with Gasteiger partial charge in [0, 0.05) is 6.04 Å². The van der Waals surface area contributed by atoms with Crippen LogP contribution in [0.25, 0.3) is 0 Å². The molecule has 98 valence electrons. The summed E-state index contributed by atoms with van der Waals surface area (Å²) >= 11 is 0. The fraction of sp³-hybridized carbons (Fsp3) is 0.625. The minimum atomic E-state index is -0.124.